The highest BCUT2D eigenvalue weighted by Crippen LogP contribution is 2.41. The van der Waals surface area contributed by atoms with Crippen molar-refractivity contribution in [3.8, 4) is 21.9 Å². The molecule has 9 heteroatoms. The first-order valence-electron chi connectivity index (χ1n) is 9.06. The zero-order valence-corrected chi connectivity index (χ0v) is 16.4. The van der Waals surface area contributed by atoms with Crippen molar-refractivity contribution in [3.63, 3.8) is 0 Å². The van der Waals surface area contributed by atoms with Crippen LogP contribution in [0.1, 0.15) is 12.8 Å². The lowest BCUT2D eigenvalue weighted by molar-refractivity contribution is 0.197. The predicted molar refractivity (Wildman–Crippen MR) is 109 cm³/mol. The Morgan fingerprint density at radius 1 is 1.32 bits per heavy atom. The van der Waals surface area contributed by atoms with Gasteiger partial charge < -0.3 is 25.8 Å². The molecule has 5 N–H and O–H groups in total. The van der Waals surface area contributed by atoms with Crippen molar-refractivity contribution in [3.05, 3.63) is 30.3 Å². The number of carbonyl (C=O) groups is 2. The number of anilines is 1. The number of rotatable bonds is 6. The fourth-order valence-electron chi connectivity index (χ4n) is 3.01. The fraction of sp³-hybridized carbons (Fsp3) is 0.368. The molecule has 28 heavy (non-hydrogen) atoms. The molecule has 3 amide bonds. The van der Waals surface area contributed by atoms with Gasteiger partial charge in [0.1, 0.15) is 10.8 Å². The Labute approximate surface area is 167 Å². The highest BCUT2D eigenvalue weighted by molar-refractivity contribution is 7.20. The summed E-state index contributed by atoms with van der Waals surface area (Å²) in [4.78, 5) is 24.3. The monoisotopic (exact) mass is 404 g/mol. The summed E-state index contributed by atoms with van der Waals surface area (Å²) < 4.78 is 10.6. The van der Waals surface area contributed by atoms with Crippen molar-refractivity contribution in [2.75, 3.05) is 32.1 Å². The summed E-state index contributed by atoms with van der Waals surface area (Å²) in [5.74, 6) is 1.39. The van der Waals surface area contributed by atoms with Gasteiger partial charge in [0.2, 0.25) is 0 Å². The van der Waals surface area contributed by atoms with Crippen LogP contribution in [0.25, 0.3) is 10.4 Å². The summed E-state index contributed by atoms with van der Waals surface area (Å²) in [5, 5.41) is 8.99. The Morgan fingerprint density at radius 3 is 2.75 bits per heavy atom. The maximum absolute atomic E-state index is 12.2. The van der Waals surface area contributed by atoms with Crippen molar-refractivity contribution in [2.45, 2.75) is 12.8 Å². The van der Waals surface area contributed by atoms with Crippen molar-refractivity contribution in [1.82, 2.24) is 10.6 Å². The van der Waals surface area contributed by atoms with Gasteiger partial charge in [-0.05, 0) is 61.7 Å². The number of amides is 3. The van der Waals surface area contributed by atoms with Gasteiger partial charge in [-0.3, -0.25) is 5.32 Å². The van der Waals surface area contributed by atoms with Crippen molar-refractivity contribution < 1.29 is 19.1 Å². The molecule has 0 spiro atoms. The largest absolute Gasteiger partial charge is 0.497 e. The molecular weight excluding hydrogens is 380 g/mol. The quantitative estimate of drug-likeness (QED) is 0.591. The summed E-state index contributed by atoms with van der Waals surface area (Å²) in [6.45, 7) is 2.45. The maximum Gasteiger partial charge on any atom is 0.412 e. The summed E-state index contributed by atoms with van der Waals surface area (Å²) in [6, 6.07) is 8.43. The first-order chi connectivity index (χ1) is 13.5. The summed E-state index contributed by atoms with van der Waals surface area (Å²) in [6.07, 6.45) is 1.61. The minimum Gasteiger partial charge on any atom is -0.497 e. The number of primary amides is 1. The second kappa shape index (κ2) is 9.43. The molecule has 1 aliphatic heterocycles. The second-order valence-corrected chi connectivity index (χ2v) is 7.56. The van der Waals surface area contributed by atoms with Gasteiger partial charge in [-0.25, -0.2) is 9.59 Å². The van der Waals surface area contributed by atoms with Crippen LogP contribution < -0.4 is 31.2 Å². The van der Waals surface area contributed by atoms with E-state index in [-0.39, 0.29) is 5.75 Å². The fourth-order valence-corrected chi connectivity index (χ4v) is 4.00. The zero-order chi connectivity index (χ0) is 19.9. The Hall–Kier alpha value is -2.78. The predicted octanol–water partition coefficient (Wildman–Crippen LogP) is 3.00. The first-order valence-corrected chi connectivity index (χ1v) is 9.88. The number of hydrogen-bond donors (Lipinski definition) is 4. The van der Waals surface area contributed by atoms with E-state index in [2.05, 4.69) is 16.0 Å². The van der Waals surface area contributed by atoms with Gasteiger partial charge >= 0.3 is 12.1 Å². The molecule has 0 unspecified atom stereocenters. The van der Waals surface area contributed by atoms with E-state index in [0.29, 0.717) is 17.5 Å². The van der Waals surface area contributed by atoms with E-state index in [1.165, 1.54) is 11.3 Å². The third-order valence-electron chi connectivity index (χ3n) is 4.45. The number of nitrogens with one attached hydrogen (secondary N) is 3. The average molecular weight is 404 g/mol. The average Bonchev–Trinajstić information content (AvgIpc) is 3.09. The van der Waals surface area contributed by atoms with E-state index in [1.807, 2.05) is 24.3 Å². The zero-order valence-electron chi connectivity index (χ0n) is 15.6. The van der Waals surface area contributed by atoms with E-state index >= 15 is 0 Å². The number of urea groups is 1. The first kappa shape index (κ1) is 20.0. The van der Waals surface area contributed by atoms with Crippen LogP contribution in [0.2, 0.25) is 0 Å². The third kappa shape index (κ3) is 5.37. The molecule has 1 fully saturated rings. The molecule has 3 rings (SSSR count). The lowest BCUT2D eigenvalue weighted by Crippen LogP contribution is -2.39. The number of piperidine rings is 1. The van der Waals surface area contributed by atoms with Crippen LogP contribution >= 0.6 is 11.3 Å². The Morgan fingerprint density at radius 2 is 2.11 bits per heavy atom. The molecule has 1 saturated heterocycles. The lowest BCUT2D eigenvalue weighted by Gasteiger charge is -2.22. The molecule has 8 nitrogen and oxygen atoms in total. The lowest BCUT2D eigenvalue weighted by atomic mass is 10.00. The van der Waals surface area contributed by atoms with Crippen LogP contribution in [-0.4, -0.2) is 38.9 Å². The van der Waals surface area contributed by atoms with Crippen molar-refractivity contribution in [1.29, 1.82) is 0 Å². The van der Waals surface area contributed by atoms with Gasteiger partial charge in [0.05, 0.1) is 7.11 Å². The van der Waals surface area contributed by atoms with E-state index in [9.17, 15) is 9.59 Å². The molecular formula is C19H24N4O4S. The number of carbonyl (C=O) groups excluding carboxylic acids is 2. The molecule has 1 aromatic heterocycles. The Bertz CT molecular complexity index is 816. The van der Waals surface area contributed by atoms with Gasteiger partial charge in [-0.2, -0.15) is 0 Å². The standard InChI is InChI=1S/C19H24N4O4S/c1-26-14-6-4-13(5-7-14)16-9-15(17(28-16)23-18(20)24)27-19(25)22-11-12-3-2-8-21-10-12/h4-7,9,12,21H,2-3,8,10-11H2,1H3,(H,22,25)(H3,20,23,24)/t12-/m1/s1. The van der Waals surface area contributed by atoms with Crippen LogP contribution in [-0.2, 0) is 0 Å². The van der Waals surface area contributed by atoms with E-state index in [1.54, 1.807) is 13.2 Å². The van der Waals surface area contributed by atoms with Crippen molar-refractivity contribution >= 4 is 28.5 Å². The van der Waals surface area contributed by atoms with Crippen LogP contribution in [0.15, 0.2) is 30.3 Å². The highest BCUT2D eigenvalue weighted by Gasteiger charge is 2.18. The van der Waals surface area contributed by atoms with Gasteiger partial charge in [0.25, 0.3) is 0 Å². The summed E-state index contributed by atoms with van der Waals surface area (Å²) in [5.41, 5.74) is 6.15. The topological polar surface area (TPSA) is 115 Å². The minimum atomic E-state index is -0.721. The number of ether oxygens (including phenoxy) is 2. The molecule has 1 atom stereocenters. The van der Waals surface area contributed by atoms with E-state index in [0.717, 1.165) is 42.1 Å². The molecule has 150 valence electrons. The number of hydrogen-bond acceptors (Lipinski definition) is 6. The Kier molecular flexibility index (Phi) is 6.72. The highest BCUT2D eigenvalue weighted by atomic mass is 32.1. The molecule has 0 aliphatic carbocycles. The van der Waals surface area contributed by atoms with Gasteiger partial charge in [0.15, 0.2) is 5.75 Å². The number of thiophene rings is 1. The van der Waals surface area contributed by atoms with Crippen LogP contribution in [0, 0.1) is 5.92 Å². The van der Waals surface area contributed by atoms with Gasteiger partial charge in [-0.15, -0.1) is 11.3 Å². The molecule has 0 bridgehead atoms. The van der Waals surface area contributed by atoms with Crippen LogP contribution in [0.3, 0.4) is 0 Å². The smallest absolute Gasteiger partial charge is 0.412 e. The third-order valence-corrected chi connectivity index (χ3v) is 5.53. The van der Waals surface area contributed by atoms with E-state index in [4.69, 9.17) is 15.2 Å². The van der Waals surface area contributed by atoms with E-state index < -0.39 is 12.1 Å². The van der Waals surface area contributed by atoms with Crippen molar-refractivity contribution in [2.24, 2.45) is 11.7 Å². The normalized spacial score (nSPS) is 16.2. The Balaban J connectivity index is 1.69. The number of benzene rings is 1. The SMILES string of the molecule is COc1ccc(-c2cc(OC(=O)NC[C@@H]3CCCNC3)c(NC(N)=O)s2)cc1. The molecule has 0 saturated carbocycles. The van der Waals surface area contributed by atoms with Gasteiger partial charge in [-0.1, -0.05) is 0 Å². The number of methoxy groups -OCH3 is 1. The van der Waals surface area contributed by atoms with Crippen LogP contribution in [0.4, 0.5) is 14.6 Å². The second-order valence-electron chi connectivity index (χ2n) is 6.50. The maximum atomic E-state index is 12.2. The van der Waals surface area contributed by atoms with Gasteiger partial charge in [0, 0.05) is 17.5 Å². The van der Waals surface area contributed by atoms with Crippen LogP contribution in [0.5, 0.6) is 11.5 Å². The minimum absolute atomic E-state index is 0.258. The summed E-state index contributed by atoms with van der Waals surface area (Å²) >= 11 is 1.27. The molecule has 2 aromatic rings. The molecule has 2 heterocycles. The summed E-state index contributed by atoms with van der Waals surface area (Å²) in [7, 11) is 1.60. The molecule has 1 aliphatic rings. The molecule has 1 aromatic carbocycles. The number of nitrogens with two attached hydrogens (primary N) is 1. The molecule has 0 radical (unpaired) electrons.